The molecule has 0 aliphatic carbocycles. The first-order chi connectivity index (χ1) is 9.03. The smallest absolute Gasteiger partial charge is 0.321 e. The van der Waals surface area contributed by atoms with Crippen LogP contribution in [-0.4, -0.2) is 35.1 Å². The van der Waals surface area contributed by atoms with Crippen LogP contribution < -0.4 is 11.1 Å². The average molecular weight is 268 g/mol. The van der Waals surface area contributed by atoms with Gasteiger partial charge < -0.3 is 21.2 Å². The fourth-order valence-corrected chi connectivity index (χ4v) is 1.60. The normalized spacial score (nSPS) is 11.2. The largest absolute Gasteiger partial charge is 0.409 e. The van der Waals surface area contributed by atoms with Gasteiger partial charge >= 0.3 is 6.03 Å². The summed E-state index contributed by atoms with van der Waals surface area (Å²) >= 11 is 0. The fraction of sp³-hybridized carbons (Fsp3) is 0.333. The molecule has 104 valence electrons. The lowest BCUT2D eigenvalue weighted by Crippen LogP contribution is -2.35. The van der Waals surface area contributed by atoms with Crippen molar-refractivity contribution in [1.29, 1.82) is 0 Å². The summed E-state index contributed by atoms with van der Waals surface area (Å²) in [6, 6.07) is 3.31. The van der Waals surface area contributed by atoms with Gasteiger partial charge in [0.1, 0.15) is 5.82 Å². The lowest BCUT2D eigenvalue weighted by Gasteiger charge is -2.20. The Kier molecular flexibility index (Phi) is 5.11. The van der Waals surface area contributed by atoms with E-state index in [9.17, 15) is 9.18 Å². The molecule has 1 aromatic carbocycles. The van der Waals surface area contributed by atoms with Crippen LogP contribution in [0.3, 0.4) is 0 Å². The monoisotopic (exact) mass is 268 g/mol. The van der Waals surface area contributed by atoms with E-state index in [1.807, 2.05) is 13.8 Å². The SMILES string of the molecule is CCN(CC)C(=O)Nc1ccc(F)cc1/C(N)=N/O. The van der Waals surface area contributed by atoms with Crippen LogP contribution in [0.4, 0.5) is 14.9 Å². The van der Waals surface area contributed by atoms with Gasteiger partial charge in [-0.15, -0.1) is 0 Å². The van der Waals surface area contributed by atoms with Gasteiger partial charge in [-0.25, -0.2) is 9.18 Å². The number of urea groups is 1. The highest BCUT2D eigenvalue weighted by Crippen LogP contribution is 2.17. The summed E-state index contributed by atoms with van der Waals surface area (Å²) in [5.41, 5.74) is 5.86. The number of hydrogen-bond donors (Lipinski definition) is 3. The average Bonchev–Trinajstić information content (AvgIpc) is 2.41. The van der Waals surface area contributed by atoms with Crippen LogP contribution >= 0.6 is 0 Å². The first-order valence-electron chi connectivity index (χ1n) is 5.86. The van der Waals surface area contributed by atoms with Crippen molar-refractivity contribution in [3.05, 3.63) is 29.6 Å². The predicted molar refractivity (Wildman–Crippen MR) is 70.9 cm³/mol. The molecule has 1 aromatic rings. The highest BCUT2D eigenvalue weighted by Gasteiger charge is 2.14. The van der Waals surface area contributed by atoms with E-state index in [1.165, 1.54) is 12.1 Å². The van der Waals surface area contributed by atoms with Gasteiger partial charge in [-0.3, -0.25) is 0 Å². The van der Waals surface area contributed by atoms with E-state index < -0.39 is 5.82 Å². The van der Waals surface area contributed by atoms with Crippen molar-refractivity contribution in [3.63, 3.8) is 0 Å². The second kappa shape index (κ2) is 6.58. The Morgan fingerprint density at radius 3 is 2.63 bits per heavy atom. The number of carbonyl (C=O) groups excluding carboxylic acids is 1. The van der Waals surface area contributed by atoms with Crippen molar-refractivity contribution in [1.82, 2.24) is 4.90 Å². The van der Waals surface area contributed by atoms with Crippen molar-refractivity contribution in [3.8, 4) is 0 Å². The van der Waals surface area contributed by atoms with Gasteiger partial charge in [-0.1, -0.05) is 5.16 Å². The first kappa shape index (κ1) is 14.7. The first-order valence-corrected chi connectivity index (χ1v) is 5.86. The quantitative estimate of drug-likeness (QED) is 0.336. The van der Waals surface area contributed by atoms with Gasteiger partial charge in [-0.05, 0) is 32.0 Å². The molecule has 4 N–H and O–H groups in total. The van der Waals surface area contributed by atoms with E-state index in [0.29, 0.717) is 13.1 Å². The topological polar surface area (TPSA) is 91.0 Å². The molecule has 19 heavy (non-hydrogen) atoms. The Balaban J connectivity index is 3.04. The third-order valence-corrected chi connectivity index (χ3v) is 2.66. The Morgan fingerprint density at radius 1 is 1.47 bits per heavy atom. The highest BCUT2D eigenvalue weighted by molar-refractivity contribution is 6.05. The number of rotatable bonds is 4. The number of anilines is 1. The van der Waals surface area contributed by atoms with Crippen molar-refractivity contribution in [2.24, 2.45) is 10.9 Å². The van der Waals surface area contributed by atoms with E-state index in [-0.39, 0.29) is 23.1 Å². The molecule has 2 amide bonds. The molecule has 0 aliphatic rings. The Bertz CT molecular complexity index is 487. The van der Waals surface area contributed by atoms with Crippen molar-refractivity contribution in [2.75, 3.05) is 18.4 Å². The molecule has 7 heteroatoms. The number of nitrogens with two attached hydrogens (primary N) is 1. The molecular formula is C12H17FN4O2. The van der Waals surface area contributed by atoms with E-state index in [2.05, 4.69) is 10.5 Å². The van der Waals surface area contributed by atoms with E-state index in [1.54, 1.807) is 4.90 Å². The number of amidine groups is 1. The number of oxime groups is 1. The highest BCUT2D eigenvalue weighted by atomic mass is 19.1. The minimum Gasteiger partial charge on any atom is -0.409 e. The van der Waals surface area contributed by atoms with E-state index >= 15 is 0 Å². The zero-order chi connectivity index (χ0) is 14.4. The zero-order valence-electron chi connectivity index (χ0n) is 10.9. The van der Waals surface area contributed by atoms with E-state index in [0.717, 1.165) is 6.07 Å². The second-order valence-electron chi connectivity index (χ2n) is 3.78. The van der Waals surface area contributed by atoms with E-state index in [4.69, 9.17) is 10.9 Å². The molecule has 0 aromatic heterocycles. The molecule has 0 saturated heterocycles. The van der Waals surface area contributed by atoms with Gasteiger partial charge in [0.05, 0.1) is 5.69 Å². The molecule has 6 nitrogen and oxygen atoms in total. The minimum atomic E-state index is -0.539. The molecule has 0 bridgehead atoms. The maximum atomic E-state index is 13.2. The molecule has 1 rings (SSSR count). The van der Waals surface area contributed by atoms with Crippen LogP contribution in [0.15, 0.2) is 23.4 Å². The lowest BCUT2D eigenvalue weighted by atomic mass is 10.1. The summed E-state index contributed by atoms with van der Waals surface area (Å²) in [5.74, 6) is -0.809. The van der Waals surface area contributed by atoms with Crippen molar-refractivity contribution >= 4 is 17.6 Å². The molecule has 0 heterocycles. The number of halogens is 1. The Labute approximate surface area is 110 Å². The number of benzene rings is 1. The number of carbonyl (C=O) groups is 1. The molecule has 0 radical (unpaired) electrons. The maximum absolute atomic E-state index is 13.2. The second-order valence-corrected chi connectivity index (χ2v) is 3.78. The molecule has 0 fully saturated rings. The van der Waals surface area contributed by atoms with Crippen molar-refractivity contribution < 1.29 is 14.4 Å². The number of hydrogen-bond acceptors (Lipinski definition) is 3. The van der Waals surface area contributed by atoms with Crippen LogP contribution in [0.1, 0.15) is 19.4 Å². The van der Waals surface area contributed by atoms with Crippen LogP contribution in [0.25, 0.3) is 0 Å². The predicted octanol–water partition coefficient (Wildman–Crippen LogP) is 1.79. The van der Waals surface area contributed by atoms with Gasteiger partial charge in [0.25, 0.3) is 0 Å². The zero-order valence-corrected chi connectivity index (χ0v) is 10.9. The molecule has 0 spiro atoms. The summed E-state index contributed by atoms with van der Waals surface area (Å²) in [4.78, 5) is 13.5. The third kappa shape index (κ3) is 3.57. The Morgan fingerprint density at radius 2 is 2.11 bits per heavy atom. The summed E-state index contributed by atoms with van der Waals surface area (Å²) < 4.78 is 13.2. The number of nitrogens with zero attached hydrogens (tertiary/aromatic N) is 2. The number of amides is 2. The third-order valence-electron chi connectivity index (χ3n) is 2.66. The van der Waals surface area contributed by atoms with Gasteiger partial charge in [0.15, 0.2) is 5.84 Å². The van der Waals surface area contributed by atoms with Crippen LogP contribution in [-0.2, 0) is 0 Å². The molecule has 0 aliphatic heterocycles. The molecule has 0 atom stereocenters. The minimum absolute atomic E-state index is 0.128. The summed E-state index contributed by atoms with van der Waals surface area (Å²) in [7, 11) is 0. The summed E-state index contributed by atoms with van der Waals surface area (Å²) in [5, 5.41) is 14.1. The van der Waals surface area contributed by atoms with Crippen molar-refractivity contribution in [2.45, 2.75) is 13.8 Å². The fourth-order valence-electron chi connectivity index (χ4n) is 1.60. The van der Waals surface area contributed by atoms with Crippen LogP contribution in [0.2, 0.25) is 0 Å². The molecular weight excluding hydrogens is 251 g/mol. The summed E-state index contributed by atoms with van der Waals surface area (Å²) in [6.45, 7) is 4.78. The van der Waals surface area contributed by atoms with Crippen LogP contribution in [0.5, 0.6) is 0 Å². The van der Waals surface area contributed by atoms with Gasteiger partial charge in [0, 0.05) is 18.7 Å². The number of nitrogens with one attached hydrogen (secondary N) is 1. The maximum Gasteiger partial charge on any atom is 0.321 e. The Hall–Kier alpha value is -2.31. The van der Waals surface area contributed by atoms with Crippen LogP contribution in [0, 0.1) is 5.82 Å². The lowest BCUT2D eigenvalue weighted by molar-refractivity contribution is 0.217. The molecule has 0 saturated carbocycles. The van der Waals surface area contributed by atoms with Gasteiger partial charge in [0.2, 0.25) is 0 Å². The van der Waals surface area contributed by atoms with Gasteiger partial charge in [-0.2, -0.15) is 0 Å². The standard InChI is InChI=1S/C12H17FN4O2/c1-3-17(4-2)12(18)15-10-6-5-8(13)7-9(10)11(14)16-19/h5-7,19H,3-4H2,1-2H3,(H2,14,16)(H,15,18). The molecule has 0 unspecified atom stereocenters. The summed E-state index contributed by atoms with van der Waals surface area (Å²) in [6.07, 6.45) is 0.